The summed E-state index contributed by atoms with van der Waals surface area (Å²) in [5, 5.41) is 2.18. The molecule has 2 N–H and O–H groups in total. The van der Waals surface area contributed by atoms with Crippen molar-refractivity contribution in [2.75, 3.05) is 13.5 Å². The summed E-state index contributed by atoms with van der Waals surface area (Å²) in [6.07, 6.45) is 0.724. The number of hydrogen-bond donors (Lipinski definition) is 2. The quantitative estimate of drug-likeness (QED) is 0.356. The maximum atomic E-state index is 11.5. The van der Waals surface area contributed by atoms with Gasteiger partial charge in [0, 0.05) is 5.56 Å². The van der Waals surface area contributed by atoms with Crippen LogP contribution in [0.5, 0.6) is 11.5 Å². The molecule has 0 atom stereocenters. The zero-order chi connectivity index (χ0) is 22.9. The van der Waals surface area contributed by atoms with Crippen molar-refractivity contribution >= 4 is 34.3 Å². The van der Waals surface area contributed by atoms with Gasteiger partial charge in [-0.2, -0.15) is 0 Å². The van der Waals surface area contributed by atoms with Gasteiger partial charge in [0.25, 0.3) is 0 Å². The molecule has 3 aromatic rings. The SMILES string of the molecule is CCc1c(C)c(-c2c(OC)c(Br)cc3ccccc23)c(C)c(CC)c1OCP(=O)(O)O. The summed E-state index contributed by atoms with van der Waals surface area (Å²) in [6, 6.07) is 10.3. The van der Waals surface area contributed by atoms with Gasteiger partial charge in [0.2, 0.25) is 0 Å². The monoisotopic (exact) mass is 506 g/mol. The van der Waals surface area contributed by atoms with Crippen LogP contribution < -0.4 is 9.47 Å². The first-order valence-corrected chi connectivity index (χ1v) is 12.8. The average Bonchev–Trinajstić information content (AvgIpc) is 2.71. The normalized spacial score (nSPS) is 11.7. The molecule has 0 heterocycles. The van der Waals surface area contributed by atoms with E-state index >= 15 is 0 Å². The predicted molar refractivity (Wildman–Crippen MR) is 129 cm³/mol. The van der Waals surface area contributed by atoms with Gasteiger partial charge < -0.3 is 19.3 Å². The van der Waals surface area contributed by atoms with Gasteiger partial charge in [-0.05, 0) is 87.3 Å². The molecule has 0 amide bonds. The van der Waals surface area contributed by atoms with Crippen LogP contribution in [0.4, 0.5) is 0 Å². The second kappa shape index (κ2) is 9.33. The standard InChI is InChI=1S/C24H28BrO5P/c1-6-17-14(3)21(15(4)18(7-2)23(17)30-13-31(26,27)28)22-19-11-9-8-10-16(19)12-20(25)24(22)29-5/h8-12H,6-7,13H2,1-5H3,(H2,26,27,28). The second-order valence-corrected chi connectivity index (χ2v) is 9.99. The third-order valence-corrected chi connectivity index (χ3v) is 6.75. The van der Waals surface area contributed by atoms with Gasteiger partial charge in [-0.3, -0.25) is 4.57 Å². The summed E-state index contributed by atoms with van der Waals surface area (Å²) in [5.74, 6) is 1.35. The Morgan fingerprint density at radius 3 is 2.06 bits per heavy atom. The molecule has 0 aliphatic rings. The van der Waals surface area contributed by atoms with Gasteiger partial charge in [-0.1, -0.05) is 38.1 Å². The van der Waals surface area contributed by atoms with Gasteiger partial charge in [-0.25, -0.2) is 0 Å². The highest BCUT2D eigenvalue weighted by molar-refractivity contribution is 9.10. The van der Waals surface area contributed by atoms with Gasteiger partial charge in [0.1, 0.15) is 11.5 Å². The summed E-state index contributed by atoms with van der Waals surface area (Å²) in [4.78, 5) is 18.7. The number of rotatable bonds is 7. The van der Waals surface area contributed by atoms with E-state index in [0.29, 0.717) is 18.6 Å². The lowest BCUT2D eigenvalue weighted by molar-refractivity contribution is 0.297. The molecule has 0 spiro atoms. The molecule has 0 fully saturated rings. The minimum atomic E-state index is -4.29. The van der Waals surface area contributed by atoms with Crippen molar-refractivity contribution in [3.05, 3.63) is 57.1 Å². The molecule has 31 heavy (non-hydrogen) atoms. The zero-order valence-electron chi connectivity index (χ0n) is 18.5. The number of benzene rings is 3. The van der Waals surface area contributed by atoms with Crippen LogP contribution in [0.1, 0.15) is 36.1 Å². The average molecular weight is 507 g/mol. The Hall–Kier alpha value is -1.85. The Kier molecular flexibility index (Phi) is 7.17. The van der Waals surface area contributed by atoms with Gasteiger partial charge in [0.05, 0.1) is 11.6 Å². The number of methoxy groups -OCH3 is 1. The minimum Gasteiger partial charge on any atom is -0.495 e. The lowest BCUT2D eigenvalue weighted by atomic mass is 9.84. The van der Waals surface area contributed by atoms with E-state index in [0.717, 1.165) is 54.4 Å². The molecule has 0 aliphatic carbocycles. The fraction of sp³-hybridized carbons (Fsp3) is 0.333. The molecule has 0 saturated heterocycles. The highest BCUT2D eigenvalue weighted by atomic mass is 79.9. The summed E-state index contributed by atoms with van der Waals surface area (Å²) in [5.41, 5.74) is 6.05. The lowest BCUT2D eigenvalue weighted by Crippen LogP contribution is -2.09. The lowest BCUT2D eigenvalue weighted by Gasteiger charge is -2.25. The molecule has 3 aromatic carbocycles. The highest BCUT2D eigenvalue weighted by Gasteiger charge is 2.26. The third kappa shape index (κ3) is 4.54. The van der Waals surface area contributed by atoms with Crippen LogP contribution in [-0.2, 0) is 17.4 Å². The first-order valence-electron chi connectivity index (χ1n) is 10.2. The molecular weight excluding hydrogens is 479 g/mol. The van der Waals surface area contributed by atoms with Crippen molar-refractivity contribution in [1.29, 1.82) is 0 Å². The van der Waals surface area contributed by atoms with Crippen LogP contribution in [0, 0.1) is 13.8 Å². The fourth-order valence-electron chi connectivity index (χ4n) is 4.40. The highest BCUT2D eigenvalue weighted by Crippen LogP contribution is 2.48. The molecule has 0 aromatic heterocycles. The third-order valence-electron chi connectivity index (χ3n) is 5.70. The number of ether oxygens (including phenoxy) is 2. The maximum Gasteiger partial charge on any atom is 0.362 e. The smallest absolute Gasteiger partial charge is 0.362 e. The summed E-state index contributed by atoms with van der Waals surface area (Å²) in [7, 11) is -2.62. The van der Waals surface area contributed by atoms with Crippen LogP contribution in [0.2, 0.25) is 0 Å². The zero-order valence-corrected chi connectivity index (χ0v) is 20.9. The second-order valence-electron chi connectivity index (χ2n) is 7.54. The summed E-state index contributed by atoms with van der Waals surface area (Å²) in [6.45, 7) is 8.14. The van der Waals surface area contributed by atoms with E-state index in [-0.39, 0.29) is 0 Å². The fourth-order valence-corrected chi connectivity index (χ4v) is 5.30. The van der Waals surface area contributed by atoms with E-state index in [1.54, 1.807) is 7.11 Å². The molecule has 5 nitrogen and oxygen atoms in total. The largest absolute Gasteiger partial charge is 0.495 e. The van der Waals surface area contributed by atoms with Crippen LogP contribution in [0.15, 0.2) is 34.8 Å². The maximum absolute atomic E-state index is 11.5. The van der Waals surface area contributed by atoms with Gasteiger partial charge >= 0.3 is 7.60 Å². The molecule has 3 rings (SSSR count). The van der Waals surface area contributed by atoms with Crippen molar-refractivity contribution < 1.29 is 23.8 Å². The van der Waals surface area contributed by atoms with Crippen molar-refractivity contribution in [2.45, 2.75) is 40.5 Å². The van der Waals surface area contributed by atoms with E-state index in [1.165, 1.54) is 0 Å². The molecule has 0 radical (unpaired) electrons. The van der Waals surface area contributed by atoms with Crippen molar-refractivity contribution in [1.82, 2.24) is 0 Å². The van der Waals surface area contributed by atoms with Crippen LogP contribution >= 0.6 is 23.5 Å². The molecule has 0 aliphatic heterocycles. The predicted octanol–water partition coefficient (Wildman–Crippen LogP) is 6.53. The number of hydrogen-bond acceptors (Lipinski definition) is 3. The number of halogens is 1. The van der Waals surface area contributed by atoms with E-state index in [2.05, 4.69) is 34.1 Å². The van der Waals surface area contributed by atoms with E-state index < -0.39 is 13.9 Å². The molecule has 0 bridgehead atoms. The van der Waals surface area contributed by atoms with Crippen molar-refractivity contribution in [3.8, 4) is 22.6 Å². The van der Waals surface area contributed by atoms with Crippen LogP contribution in [0.25, 0.3) is 21.9 Å². The van der Waals surface area contributed by atoms with E-state index in [4.69, 9.17) is 9.47 Å². The summed E-state index contributed by atoms with van der Waals surface area (Å²) >= 11 is 3.67. The Labute approximate surface area is 191 Å². The van der Waals surface area contributed by atoms with E-state index in [1.807, 2.05) is 39.8 Å². The molecule has 166 valence electrons. The molecular formula is C24H28BrO5P. The number of fused-ring (bicyclic) bond motifs is 1. The van der Waals surface area contributed by atoms with Crippen LogP contribution in [0.3, 0.4) is 0 Å². The first kappa shape index (κ1) is 23.8. The molecule has 7 heteroatoms. The molecule has 0 unspecified atom stereocenters. The summed E-state index contributed by atoms with van der Waals surface area (Å²) < 4.78 is 23.9. The minimum absolute atomic E-state index is 0.588. The Morgan fingerprint density at radius 1 is 0.968 bits per heavy atom. The Morgan fingerprint density at radius 2 is 1.55 bits per heavy atom. The topological polar surface area (TPSA) is 76.0 Å². The first-order chi connectivity index (χ1) is 14.6. The van der Waals surface area contributed by atoms with Crippen LogP contribution in [-0.4, -0.2) is 23.2 Å². The van der Waals surface area contributed by atoms with Gasteiger partial charge in [0.15, 0.2) is 6.35 Å². The molecule has 0 saturated carbocycles. The Balaban J connectivity index is 2.43. The van der Waals surface area contributed by atoms with Crippen molar-refractivity contribution in [3.63, 3.8) is 0 Å². The van der Waals surface area contributed by atoms with Crippen molar-refractivity contribution in [2.24, 2.45) is 0 Å². The van der Waals surface area contributed by atoms with Gasteiger partial charge in [-0.15, -0.1) is 0 Å². The van der Waals surface area contributed by atoms with E-state index in [9.17, 15) is 14.4 Å². The Bertz CT molecular complexity index is 1150.